The SMILES string of the molecule is Cn1cc(C(Cc2cc(Cl)cc3c2OCC3)NN)cn1. The number of hydrogen-bond donors (Lipinski definition) is 2. The molecule has 3 N–H and O–H groups in total. The number of nitrogens with two attached hydrogens (primary N) is 1. The number of halogens is 1. The summed E-state index contributed by atoms with van der Waals surface area (Å²) in [5.41, 5.74) is 6.14. The molecule has 0 radical (unpaired) electrons. The van der Waals surface area contributed by atoms with Gasteiger partial charge in [-0.2, -0.15) is 5.10 Å². The van der Waals surface area contributed by atoms with Crippen LogP contribution in [-0.4, -0.2) is 16.4 Å². The second kappa shape index (κ2) is 5.44. The van der Waals surface area contributed by atoms with E-state index >= 15 is 0 Å². The molecule has 0 saturated carbocycles. The van der Waals surface area contributed by atoms with E-state index in [-0.39, 0.29) is 6.04 Å². The van der Waals surface area contributed by atoms with E-state index in [1.165, 1.54) is 5.56 Å². The zero-order chi connectivity index (χ0) is 14.1. The first-order valence-electron chi connectivity index (χ1n) is 6.56. The molecule has 0 bridgehead atoms. The van der Waals surface area contributed by atoms with E-state index in [4.69, 9.17) is 22.2 Å². The van der Waals surface area contributed by atoms with Crippen molar-refractivity contribution in [2.45, 2.75) is 18.9 Å². The van der Waals surface area contributed by atoms with Gasteiger partial charge in [0.05, 0.1) is 18.8 Å². The summed E-state index contributed by atoms with van der Waals surface area (Å²) in [5, 5.41) is 4.92. The number of benzene rings is 1. The molecule has 1 aromatic carbocycles. The van der Waals surface area contributed by atoms with Crippen molar-refractivity contribution < 1.29 is 4.74 Å². The van der Waals surface area contributed by atoms with Gasteiger partial charge < -0.3 is 4.74 Å². The van der Waals surface area contributed by atoms with Crippen molar-refractivity contribution in [2.75, 3.05) is 6.61 Å². The fourth-order valence-corrected chi connectivity index (χ4v) is 2.87. The van der Waals surface area contributed by atoms with Crippen molar-refractivity contribution >= 4 is 11.6 Å². The highest BCUT2D eigenvalue weighted by Crippen LogP contribution is 2.35. The lowest BCUT2D eigenvalue weighted by molar-refractivity contribution is 0.351. The van der Waals surface area contributed by atoms with Gasteiger partial charge in [0.2, 0.25) is 0 Å². The summed E-state index contributed by atoms with van der Waals surface area (Å²) in [6.45, 7) is 0.719. The zero-order valence-corrected chi connectivity index (χ0v) is 12.0. The van der Waals surface area contributed by atoms with Crippen molar-refractivity contribution in [3.63, 3.8) is 0 Å². The lowest BCUT2D eigenvalue weighted by atomic mass is 9.99. The maximum Gasteiger partial charge on any atom is 0.125 e. The van der Waals surface area contributed by atoms with Crippen LogP contribution < -0.4 is 16.0 Å². The number of nitrogens with zero attached hydrogens (tertiary/aromatic N) is 2. The monoisotopic (exact) mass is 292 g/mol. The van der Waals surface area contributed by atoms with E-state index in [0.717, 1.165) is 34.9 Å². The first-order valence-corrected chi connectivity index (χ1v) is 6.94. The molecule has 6 heteroatoms. The van der Waals surface area contributed by atoms with E-state index in [9.17, 15) is 0 Å². The van der Waals surface area contributed by atoms with Crippen LogP contribution in [0.15, 0.2) is 24.5 Å². The van der Waals surface area contributed by atoms with Crippen molar-refractivity contribution in [1.82, 2.24) is 15.2 Å². The molecule has 106 valence electrons. The number of hydrogen-bond acceptors (Lipinski definition) is 4. The van der Waals surface area contributed by atoms with Crippen LogP contribution in [0.1, 0.15) is 22.7 Å². The zero-order valence-electron chi connectivity index (χ0n) is 11.3. The molecule has 1 atom stereocenters. The van der Waals surface area contributed by atoms with Gasteiger partial charge in [0.1, 0.15) is 5.75 Å². The van der Waals surface area contributed by atoms with Crippen molar-refractivity contribution in [3.05, 3.63) is 46.2 Å². The summed E-state index contributed by atoms with van der Waals surface area (Å²) in [7, 11) is 1.89. The minimum atomic E-state index is -0.0181. The Morgan fingerprint density at radius 1 is 1.55 bits per heavy atom. The Morgan fingerprint density at radius 2 is 2.40 bits per heavy atom. The number of hydrazine groups is 1. The van der Waals surface area contributed by atoms with Crippen molar-refractivity contribution in [2.24, 2.45) is 12.9 Å². The summed E-state index contributed by atoms with van der Waals surface area (Å²) < 4.78 is 7.49. The largest absolute Gasteiger partial charge is 0.493 e. The topological polar surface area (TPSA) is 65.1 Å². The van der Waals surface area contributed by atoms with Gasteiger partial charge in [0, 0.05) is 30.3 Å². The minimum absolute atomic E-state index is 0.0181. The normalized spacial score (nSPS) is 14.9. The Labute approximate surface area is 122 Å². The van der Waals surface area contributed by atoms with Crippen LogP contribution in [0.5, 0.6) is 5.75 Å². The summed E-state index contributed by atoms with van der Waals surface area (Å²) in [4.78, 5) is 0. The average molecular weight is 293 g/mol. The standard InChI is InChI=1S/C14H17ClN4O/c1-19-8-11(7-17-19)13(18-16)6-10-5-12(15)4-9-2-3-20-14(9)10/h4-5,7-8,13,18H,2-3,6,16H2,1H3. The quantitative estimate of drug-likeness (QED) is 0.666. The van der Waals surface area contributed by atoms with Gasteiger partial charge in [-0.05, 0) is 29.7 Å². The molecule has 1 unspecified atom stereocenters. The van der Waals surface area contributed by atoms with Crippen molar-refractivity contribution in [1.29, 1.82) is 0 Å². The summed E-state index contributed by atoms with van der Waals surface area (Å²) in [6, 6.07) is 3.91. The number of aryl methyl sites for hydroxylation is 1. The molecule has 0 fully saturated rings. The highest BCUT2D eigenvalue weighted by atomic mass is 35.5. The van der Waals surface area contributed by atoms with Crippen molar-refractivity contribution in [3.8, 4) is 5.75 Å². The average Bonchev–Trinajstić information content (AvgIpc) is 3.04. The molecule has 0 spiro atoms. The maximum absolute atomic E-state index is 6.18. The number of nitrogens with one attached hydrogen (secondary N) is 1. The highest BCUT2D eigenvalue weighted by molar-refractivity contribution is 6.30. The number of ether oxygens (including phenoxy) is 1. The van der Waals surface area contributed by atoms with Gasteiger partial charge in [-0.15, -0.1) is 0 Å². The third-order valence-corrected chi connectivity index (χ3v) is 3.80. The van der Waals surface area contributed by atoms with Crippen LogP contribution in [-0.2, 0) is 19.9 Å². The molecule has 5 nitrogen and oxygen atoms in total. The Kier molecular flexibility index (Phi) is 3.65. The van der Waals surface area contributed by atoms with E-state index in [1.54, 1.807) is 4.68 Å². The Hall–Kier alpha value is -1.56. The van der Waals surface area contributed by atoms with E-state index in [0.29, 0.717) is 6.42 Å². The first kappa shape index (κ1) is 13.4. The van der Waals surface area contributed by atoms with Crippen LogP contribution in [0.3, 0.4) is 0 Å². The molecule has 1 aromatic heterocycles. The van der Waals surface area contributed by atoms with Gasteiger partial charge in [-0.1, -0.05) is 11.6 Å². The van der Waals surface area contributed by atoms with Gasteiger partial charge in [0.25, 0.3) is 0 Å². The number of rotatable bonds is 4. The Morgan fingerprint density at radius 3 is 3.10 bits per heavy atom. The third-order valence-electron chi connectivity index (χ3n) is 3.58. The van der Waals surface area contributed by atoms with E-state index in [2.05, 4.69) is 10.5 Å². The molecular weight excluding hydrogens is 276 g/mol. The molecule has 2 aromatic rings. The lowest BCUT2D eigenvalue weighted by Gasteiger charge is -2.16. The smallest absolute Gasteiger partial charge is 0.125 e. The van der Waals surface area contributed by atoms with E-state index < -0.39 is 0 Å². The molecule has 0 amide bonds. The van der Waals surface area contributed by atoms with Gasteiger partial charge in [0.15, 0.2) is 0 Å². The minimum Gasteiger partial charge on any atom is -0.493 e. The fourth-order valence-electron chi connectivity index (χ4n) is 2.61. The number of aromatic nitrogens is 2. The van der Waals surface area contributed by atoms with Crippen LogP contribution >= 0.6 is 11.6 Å². The third kappa shape index (κ3) is 2.52. The van der Waals surface area contributed by atoms with Crippen LogP contribution in [0.25, 0.3) is 0 Å². The first-order chi connectivity index (χ1) is 9.67. The maximum atomic E-state index is 6.18. The Balaban J connectivity index is 1.90. The van der Waals surface area contributed by atoms with E-state index in [1.807, 2.05) is 31.6 Å². The predicted molar refractivity (Wildman–Crippen MR) is 77.6 cm³/mol. The molecule has 1 aliphatic heterocycles. The summed E-state index contributed by atoms with van der Waals surface area (Å²) in [5.74, 6) is 6.64. The lowest BCUT2D eigenvalue weighted by Crippen LogP contribution is -2.29. The van der Waals surface area contributed by atoms with Gasteiger partial charge in [-0.3, -0.25) is 16.0 Å². The molecule has 1 aliphatic rings. The molecule has 2 heterocycles. The molecular formula is C14H17ClN4O. The second-order valence-electron chi connectivity index (χ2n) is 5.02. The molecule has 3 rings (SSSR count). The number of fused-ring (bicyclic) bond motifs is 1. The van der Waals surface area contributed by atoms with Gasteiger partial charge in [-0.25, -0.2) is 0 Å². The van der Waals surface area contributed by atoms with Crippen LogP contribution in [0, 0.1) is 0 Å². The summed E-state index contributed by atoms with van der Waals surface area (Å²) in [6.07, 6.45) is 5.40. The highest BCUT2D eigenvalue weighted by Gasteiger charge is 2.21. The van der Waals surface area contributed by atoms with Gasteiger partial charge >= 0.3 is 0 Å². The predicted octanol–water partition coefficient (Wildman–Crippen LogP) is 1.76. The fraction of sp³-hybridized carbons (Fsp3) is 0.357. The van der Waals surface area contributed by atoms with Crippen LogP contribution in [0.2, 0.25) is 5.02 Å². The molecule has 0 saturated heterocycles. The summed E-state index contributed by atoms with van der Waals surface area (Å²) >= 11 is 6.18. The molecule has 0 aliphatic carbocycles. The second-order valence-corrected chi connectivity index (χ2v) is 5.46. The molecule has 20 heavy (non-hydrogen) atoms. The Bertz CT molecular complexity index is 626. The van der Waals surface area contributed by atoms with Crippen LogP contribution in [0.4, 0.5) is 0 Å².